The molecule has 0 fully saturated rings. The van der Waals surface area contributed by atoms with Gasteiger partial charge < -0.3 is 0 Å². The second kappa shape index (κ2) is 7.10. The second-order valence-electron chi connectivity index (χ2n) is 4.41. The van der Waals surface area contributed by atoms with E-state index >= 15 is 0 Å². The molecule has 0 aliphatic carbocycles. The minimum atomic E-state index is -4.55. The lowest BCUT2D eigenvalue weighted by atomic mass is 10.1. The van der Waals surface area contributed by atoms with Gasteiger partial charge in [-0.1, -0.05) is 35.9 Å². The average molecular weight is 362 g/mol. The smallest absolute Gasteiger partial charge is 0.297 e. The summed E-state index contributed by atoms with van der Waals surface area (Å²) in [6.07, 6.45) is -1.46. The number of carbonyl (C=O) groups excluding carboxylic acids is 1. The molecule has 4 nitrogen and oxygen atoms in total. The third-order valence-electron chi connectivity index (χ3n) is 2.72. The maximum absolute atomic E-state index is 12.7. The van der Waals surface area contributed by atoms with E-state index in [1.807, 2.05) is 6.92 Å². The van der Waals surface area contributed by atoms with Crippen molar-refractivity contribution in [2.75, 3.05) is 5.32 Å². The van der Waals surface area contributed by atoms with Crippen molar-refractivity contribution < 1.29 is 18.0 Å². The number of hydrogen-bond acceptors (Lipinski definition) is 4. The Balaban J connectivity index is 2.09. The molecule has 0 unspecified atom stereocenters. The van der Waals surface area contributed by atoms with Gasteiger partial charge in [-0.25, -0.2) is 0 Å². The van der Waals surface area contributed by atoms with Gasteiger partial charge in [-0.05, 0) is 30.2 Å². The van der Waals surface area contributed by atoms with E-state index in [-0.39, 0.29) is 10.6 Å². The Morgan fingerprint density at radius 3 is 2.74 bits per heavy atom. The molecule has 2 rings (SSSR count). The number of nitrogens with zero attached hydrogens (tertiary/aromatic N) is 2. The van der Waals surface area contributed by atoms with Gasteiger partial charge in [0.15, 0.2) is 0 Å². The number of nitrogens with one attached hydrogen (secondary N) is 1. The quantitative estimate of drug-likeness (QED) is 0.820. The number of rotatable bonds is 4. The van der Waals surface area contributed by atoms with Crippen molar-refractivity contribution >= 4 is 40.1 Å². The summed E-state index contributed by atoms with van der Waals surface area (Å²) < 4.78 is 38.2. The monoisotopic (exact) mass is 361 g/mol. The summed E-state index contributed by atoms with van der Waals surface area (Å²) >= 11 is 6.77. The van der Waals surface area contributed by atoms with Gasteiger partial charge in [-0.15, -0.1) is 10.2 Å². The summed E-state index contributed by atoms with van der Waals surface area (Å²) in [5.41, 5.74) is -0.734. The van der Waals surface area contributed by atoms with Crippen molar-refractivity contribution in [1.82, 2.24) is 10.2 Å². The fourth-order valence-electron chi connectivity index (χ4n) is 1.63. The average Bonchev–Trinajstić information content (AvgIpc) is 2.92. The Kier molecular flexibility index (Phi) is 5.38. The molecule has 0 saturated heterocycles. The van der Waals surface area contributed by atoms with Crippen molar-refractivity contribution in [3.63, 3.8) is 0 Å². The van der Waals surface area contributed by atoms with Gasteiger partial charge in [-0.3, -0.25) is 10.1 Å². The van der Waals surface area contributed by atoms with Crippen molar-refractivity contribution in [3.05, 3.63) is 45.4 Å². The topological polar surface area (TPSA) is 54.9 Å². The Hall–Kier alpha value is -1.93. The molecule has 0 atom stereocenters. The number of hydrogen-bond donors (Lipinski definition) is 1. The molecule has 1 aromatic heterocycles. The van der Waals surface area contributed by atoms with E-state index in [2.05, 4.69) is 15.5 Å². The third-order valence-corrected chi connectivity index (χ3v) is 4.04. The van der Waals surface area contributed by atoms with Crippen LogP contribution in [0.15, 0.2) is 24.3 Å². The van der Waals surface area contributed by atoms with Gasteiger partial charge in [0.05, 0.1) is 10.6 Å². The number of alkyl halides is 3. The summed E-state index contributed by atoms with van der Waals surface area (Å²) in [4.78, 5) is 11.7. The summed E-state index contributed by atoms with van der Waals surface area (Å²) in [5, 5.41) is 10.8. The molecule has 0 radical (unpaired) electrons. The van der Waals surface area contributed by atoms with Crippen LogP contribution in [0.1, 0.15) is 23.1 Å². The molecule has 9 heteroatoms. The van der Waals surface area contributed by atoms with Gasteiger partial charge in [0, 0.05) is 6.08 Å². The van der Waals surface area contributed by atoms with Crippen LogP contribution in [-0.2, 0) is 17.4 Å². The highest BCUT2D eigenvalue weighted by Gasteiger charge is 2.33. The van der Waals surface area contributed by atoms with E-state index in [1.54, 1.807) is 0 Å². The molecular weight excluding hydrogens is 351 g/mol. The van der Waals surface area contributed by atoms with Crippen molar-refractivity contribution in [1.29, 1.82) is 0 Å². The van der Waals surface area contributed by atoms with Crippen LogP contribution in [0.2, 0.25) is 5.02 Å². The van der Waals surface area contributed by atoms with Crippen LogP contribution >= 0.6 is 22.9 Å². The summed E-state index contributed by atoms with van der Waals surface area (Å²) in [7, 11) is 0. The van der Waals surface area contributed by atoms with E-state index < -0.39 is 17.6 Å². The van der Waals surface area contributed by atoms with Crippen LogP contribution in [-0.4, -0.2) is 16.1 Å². The largest absolute Gasteiger partial charge is 0.417 e. The molecular formula is C14H11ClF3N3OS. The molecule has 0 saturated carbocycles. The number of amides is 1. The maximum Gasteiger partial charge on any atom is 0.417 e. The first kappa shape index (κ1) is 17.4. The number of aromatic nitrogens is 2. The van der Waals surface area contributed by atoms with Gasteiger partial charge >= 0.3 is 6.18 Å². The van der Waals surface area contributed by atoms with E-state index in [0.29, 0.717) is 11.6 Å². The molecule has 2 aromatic rings. The third kappa shape index (κ3) is 4.77. The lowest BCUT2D eigenvalue weighted by Gasteiger charge is -2.09. The first-order valence-electron chi connectivity index (χ1n) is 6.47. The Labute approximate surface area is 139 Å². The highest BCUT2D eigenvalue weighted by molar-refractivity contribution is 7.15. The summed E-state index contributed by atoms with van der Waals surface area (Å²) in [5.74, 6) is -0.507. The van der Waals surface area contributed by atoms with E-state index in [0.717, 1.165) is 23.2 Å². The number of benzene rings is 1. The van der Waals surface area contributed by atoms with Gasteiger partial charge in [0.2, 0.25) is 11.0 Å². The summed E-state index contributed by atoms with van der Waals surface area (Å²) in [6, 6.07) is 3.41. The predicted octanol–water partition coefficient (Wildman–Crippen LogP) is 4.42. The molecule has 0 aliphatic heterocycles. The Bertz CT molecular complexity index is 743. The van der Waals surface area contributed by atoms with Crippen LogP contribution < -0.4 is 5.32 Å². The van der Waals surface area contributed by atoms with Gasteiger partial charge in [-0.2, -0.15) is 13.2 Å². The SMILES string of the molecule is CCc1nnc(NC(=O)C=Cc2ccc(Cl)c(C(F)(F)F)c2)s1. The molecule has 1 amide bonds. The zero-order valence-corrected chi connectivity index (χ0v) is 13.4. The fourth-order valence-corrected chi connectivity index (χ4v) is 2.54. The zero-order chi connectivity index (χ0) is 17.0. The minimum absolute atomic E-state index is 0.211. The maximum atomic E-state index is 12.7. The molecule has 0 aliphatic rings. The molecule has 23 heavy (non-hydrogen) atoms. The molecule has 1 aromatic carbocycles. The lowest BCUT2D eigenvalue weighted by molar-refractivity contribution is -0.137. The van der Waals surface area contributed by atoms with Crippen molar-refractivity contribution in [2.24, 2.45) is 0 Å². The van der Waals surface area contributed by atoms with Crippen LogP contribution in [0.5, 0.6) is 0 Å². The standard InChI is InChI=1S/C14H11ClF3N3OS/c1-2-12-20-21-13(23-12)19-11(22)6-4-8-3-5-10(15)9(7-8)14(16,17)18/h3-7H,2H2,1H3,(H,19,21,22). The second-order valence-corrected chi connectivity index (χ2v) is 5.88. The van der Waals surface area contributed by atoms with Gasteiger partial charge in [0.25, 0.3) is 0 Å². The van der Waals surface area contributed by atoms with E-state index in [4.69, 9.17) is 11.6 Å². The Morgan fingerprint density at radius 1 is 1.39 bits per heavy atom. The molecule has 1 heterocycles. The molecule has 122 valence electrons. The minimum Gasteiger partial charge on any atom is -0.297 e. The van der Waals surface area contributed by atoms with Crippen molar-refractivity contribution in [3.8, 4) is 0 Å². The number of carbonyl (C=O) groups is 1. The van der Waals surface area contributed by atoms with Crippen LogP contribution in [0.25, 0.3) is 6.08 Å². The normalized spacial score (nSPS) is 11.9. The summed E-state index contributed by atoms with van der Waals surface area (Å²) in [6.45, 7) is 1.91. The van der Waals surface area contributed by atoms with E-state index in [1.165, 1.54) is 23.5 Å². The first-order chi connectivity index (χ1) is 10.8. The van der Waals surface area contributed by atoms with Crippen LogP contribution in [0, 0.1) is 0 Å². The number of aryl methyl sites for hydroxylation is 1. The molecule has 0 bridgehead atoms. The predicted molar refractivity (Wildman–Crippen MR) is 83.4 cm³/mol. The zero-order valence-electron chi connectivity index (χ0n) is 11.8. The highest BCUT2D eigenvalue weighted by atomic mass is 35.5. The number of anilines is 1. The lowest BCUT2D eigenvalue weighted by Crippen LogP contribution is -2.08. The molecule has 1 N–H and O–H groups in total. The van der Waals surface area contributed by atoms with Crippen LogP contribution in [0.4, 0.5) is 18.3 Å². The number of halogens is 4. The first-order valence-corrected chi connectivity index (χ1v) is 7.67. The highest BCUT2D eigenvalue weighted by Crippen LogP contribution is 2.35. The fraction of sp³-hybridized carbons (Fsp3) is 0.214. The molecule has 0 spiro atoms. The van der Waals surface area contributed by atoms with E-state index in [9.17, 15) is 18.0 Å². The van der Waals surface area contributed by atoms with Crippen LogP contribution in [0.3, 0.4) is 0 Å². The van der Waals surface area contributed by atoms with Gasteiger partial charge in [0.1, 0.15) is 5.01 Å². The Morgan fingerprint density at radius 2 is 2.13 bits per heavy atom. The van der Waals surface area contributed by atoms with Crippen molar-refractivity contribution in [2.45, 2.75) is 19.5 Å².